The van der Waals surface area contributed by atoms with Crippen LogP contribution in [-0.4, -0.2) is 40.6 Å². The highest BCUT2D eigenvalue weighted by molar-refractivity contribution is 5.95. The molecule has 1 aromatic carbocycles. The zero-order chi connectivity index (χ0) is 26.7. The third kappa shape index (κ3) is 7.39. The molecule has 36 heavy (non-hydrogen) atoms. The van der Waals surface area contributed by atoms with Crippen LogP contribution in [0.1, 0.15) is 82.3 Å². The average Bonchev–Trinajstić information content (AvgIpc) is 3.36. The Morgan fingerprint density at radius 1 is 1.06 bits per heavy atom. The van der Waals surface area contributed by atoms with Crippen LogP contribution in [0.4, 0.5) is 0 Å². The fourth-order valence-corrected chi connectivity index (χ4v) is 4.25. The minimum Gasteiger partial charge on any atom is -0.496 e. The maximum Gasteiger partial charge on any atom is 0.308 e. The zero-order valence-electron chi connectivity index (χ0n) is 22.8. The predicted molar refractivity (Wildman–Crippen MR) is 143 cm³/mol. The van der Waals surface area contributed by atoms with Crippen molar-refractivity contribution in [3.63, 3.8) is 0 Å². The lowest BCUT2D eigenvalue weighted by atomic mass is 9.83. The number of methoxy groups -OCH3 is 2. The summed E-state index contributed by atoms with van der Waals surface area (Å²) < 4.78 is 11.8. The number of benzene rings is 1. The second kappa shape index (κ2) is 14.4. The third-order valence-electron chi connectivity index (χ3n) is 6.37. The van der Waals surface area contributed by atoms with Crippen molar-refractivity contribution in [2.45, 2.75) is 73.1 Å². The lowest BCUT2D eigenvalue weighted by Crippen LogP contribution is -2.21. The molecule has 3 aromatic rings. The highest BCUT2D eigenvalue weighted by Crippen LogP contribution is 2.29. The number of ether oxygens (including phenoxy) is 2. The van der Waals surface area contributed by atoms with Gasteiger partial charge in [-0.1, -0.05) is 39.8 Å². The Labute approximate surface area is 215 Å². The number of aromatic nitrogens is 3. The van der Waals surface area contributed by atoms with E-state index in [1.54, 1.807) is 23.9 Å². The number of carbonyl (C=O) groups excluding carboxylic acids is 2. The van der Waals surface area contributed by atoms with Crippen molar-refractivity contribution in [3.8, 4) is 17.0 Å². The number of aryl methyl sites for hydroxylation is 1. The van der Waals surface area contributed by atoms with Gasteiger partial charge in [0.25, 0.3) is 0 Å². The number of fused-ring (bicyclic) bond motifs is 1. The highest BCUT2D eigenvalue weighted by Gasteiger charge is 2.24. The predicted octanol–water partition coefficient (Wildman–Crippen LogP) is 6.71. The largest absolute Gasteiger partial charge is 0.496 e. The Balaban J connectivity index is 0.000000295. The highest BCUT2D eigenvalue weighted by atomic mass is 16.5. The van der Waals surface area contributed by atoms with E-state index >= 15 is 0 Å². The topological polar surface area (TPSA) is 82.8 Å². The van der Waals surface area contributed by atoms with Crippen LogP contribution in [-0.2, 0) is 9.53 Å². The van der Waals surface area contributed by atoms with Gasteiger partial charge in [-0.15, -0.1) is 0 Å². The van der Waals surface area contributed by atoms with Gasteiger partial charge in [0.1, 0.15) is 11.4 Å². The molecule has 7 nitrogen and oxygen atoms in total. The van der Waals surface area contributed by atoms with Crippen molar-refractivity contribution in [2.24, 2.45) is 11.8 Å². The lowest BCUT2D eigenvalue weighted by molar-refractivity contribution is -0.146. The number of carbonyl (C=O) groups is 2. The molecule has 0 amide bonds. The van der Waals surface area contributed by atoms with Gasteiger partial charge in [-0.25, -0.2) is 9.50 Å². The number of nitrogens with zero attached hydrogens (tertiary/aromatic N) is 3. The Morgan fingerprint density at radius 2 is 1.75 bits per heavy atom. The molecule has 7 heteroatoms. The Morgan fingerprint density at radius 3 is 2.36 bits per heavy atom. The first-order chi connectivity index (χ1) is 17.4. The number of Topliss-reactive ketones (excluding diaryl/α,β-unsaturated/α-hetero) is 1. The van der Waals surface area contributed by atoms with Crippen LogP contribution >= 0.6 is 0 Å². The number of ketones is 1. The minimum absolute atomic E-state index is 0.0168. The molecule has 0 radical (unpaired) electrons. The number of esters is 1. The van der Waals surface area contributed by atoms with Crippen molar-refractivity contribution in [1.29, 1.82) is 0 Å². The van der Waals surface area contributed by atoms with Crippen LogP contribution in [0.15, 0.2) is 36.5 Å². The quantitative estimate of drug-likeness (QED) is 0.279. The summed E-state index contributed by atoms with van der Waals surface area (Å²) in [6, 6.07) is 9.62. The van der Waals surface area contributed by atoms with Gasteiger partial charge >= 0.3 is 5.97 Å². The molecule has 2 aromatic heterocycles. The smallest absolute Gasteiger partial charge is 0.308 e. The number of hydrogen-bond donors (Lipinski definition) is 0. The summed E-state index contributed by atoms with van der Waals surface area (Å²) in [6.07, 6.45) is 7.44. The average molecular weight is 496 g/mol. The van der Waals surface area contributed by atoms with E-state index in [2.05, 4.69) is 21.7 Å². The fraction of sp³-hybridized carbons (Fsp3) is 0.517. The van der Waals surface area contributed by atoms with E-state index in [0.717, 1.165) is 47.8 Å². The SMILES string of the molecule is CC.CCCC(=O)c1cc2nccc(-c3ccc(C)c(OC)c3)n2n1.COC(=O)C1CCC(C)CC1. The van der Waals surface area contributed by atoms with Crippen LogP contribution in [0.25, 0.3) is 16.9 Å². The van der Waals surface area contributed by atoms with E-state index < -0.39 is 0 Å². The Bertz CT molecular complexity index is 1130. The molecular formula is C29H41N3O4. The fourth-order valence-electron chi connectivity index (χ4n) is 4.25. The van der Waals surface area contributed by atoms with E-state index in [-0.39, 0.29) is 17.7 Å². The molecular weight excluding hydrogens is 454 g/mol. The molecule has 196 valence electrons. The standard InChI is InChI=1S/C18H19N3O2.C9H16O2.C2H6/c1-4-5-16(22)14-11-18-19-9-8-15(21(18)20-14)13-7-6-12(2)17(10-13)23-3;1-7-3-5-8(6-4-7)9(10)11-2;1-2/h6-11H,4-5H2,1-3H3;7-8H,3-6H2,1-2H3;1-2H3. The van der Waals surface area contributed by atoms with Crippen molar-refractivity contribution >= 4 is 17.4 Å². The maximum atomic E-state index is 12.1. The molecule has 0 atom stereocenters. The van der Waals surface area contributed by atoms with Gasteiger partial charge in [0.15, 0.2) is 11.4 Å². The molecule has 0 saturated heterocycles. The second-order valence-corrected chi connectivity index (χ2v) is 8.97. The van der Waals surface area contributed by atoms with Crippen LogP contribution < -0.4 is 4.74 Å². The summed E-state index contributed by atoms with van der Waals surface area (Å²) in [5.41, 5.74) is 4.05. The maximum absolute atomic E-state index is 12.1. The summed E-state index contributed by atoms with van der Waals surface area (Å²) in [4.78, 5) is 27.4. The van der Waals surface area contributed by atoms with Gasteiger partial charge in [-0.3, -0.25) is 9.59 Å². The summed E-state index contributed by atoms with van der Waals surface area (Å²) in [5.74, 6) is 1.84. The summed E-state index contributed by atoms with van der Waals surface area (Å²) in [5, 5.41) is 4.45. The van der Waals surface area contributed by atoms with Gasteiger partial charge in [-0.05, 0) is 62.6 Å². The number of rotatable bonds is 6. The van der Waals surface area contributed by atoms with Crippen LogP contribution in [0, 0.1) is 18.8 Å². The van der Waals surface area contributed by atoms with Crippen molar-refractivity contribution in [2.75, 3.05) is 14.2 Å². The molecule has 0 bridgehead atoms. The molecule has 0 N–H and O–H groups in total. The minimum atomic E-state index is -0.0168. The van der Waals surface area contributed by atoms with Crippen molar-refractivity contribution < 1.29 is 19.1 Å². The monoisotopic (exact) mass is 495 g/mol. The third-order valence-corrected chi connectivity index (χ3v) is 6.37. The summed E-state index contributed by atoms with van der Waals surface area (Å²) in [7, 11) is 3.13. The summed E-state index contributed by atoms with van der Waals surface area (Å²) in [6.45, 7) is 10.2. The van der Waals surface area contributed by atoms with Crippen LogP contribution in [0.3, 0.4) is 0 Å². The van der Waals surface area contributed by atoms with Crippen molar-refractivity contribution in [3.05, 3.63) is 47.8 Å². The second-order valence-electron chi connectivity index (χ2n) is 8.97. The van der Waals surface area contributed by atoms with Gasteiger partial charge < -0.3 is 9.47 Å². The lowest BCUT2D eigenvalue weighted by Gasteiger charge is -2.23. The van der Waals surface area contributed by atoms with Gasteiger partial charge in [0.2, 0.25) is 0 Å². The van der Waals surface area contributed by atoms with Gasteiger partial charge in [0, 0.05) is 24.2 Å². The molecule has 0 aliphatic heterocycles. The molecule has 1 aliphatic carbocycles. The van der Waals surface area contributed by atoms with Crippen LogP contribution in [0.2, 0.25) is 0 Å². The van der Waals surface area contributed by atoms with Gasteiger partial charge in [-0.2, -0.15) is 5.10 Å². The normalized spacial score (nSPS) is 16.8. The van der Waals surface area contributed by atoms with E-state index in [1.807, 2.05) is 52.0 Å². The van der Waals surface area contributed by atoms with E-state index in [4.69, 9.17) is 4.74 Å². The first-order valence-corrected chi connectivity index (χ1v) is 13.0. The van der Waals surface area contributed by atoms with E-state index in [1.165, 1.54) is 20.0 Å². The molecule has 2 heterocycles. The molecule has 1 fully saturated rings. The zero-order valence-corrected chi connectivity index (χ0v) is 22.8. The molecule has 0 spiro atoms. The molecule has 4 rings (SSSR count). The Kier molecular flexibility index (Phi) is 11.6. The van der Waals surface area contributed by atoms with E-state index in [0.29, 0.717) is 17.8 Å². The van der Waals surface area contributed by atoms with Gasteiger partial charge in [0.05, 0.1) is 25.8 Å². The first kappa shape index (κ1) is 29.0. The first-order valence-electron chi connectivity index (χ1n) is 13.0. The van der Waals surface area contributed by atoms with Crippen LogP contribution in [0.5, 0.6) is 5.75 Å². The molecule has 0 unspecified atom stereocenters. The Hall–Kier alpha value is -3.22. The molecule has 1 saturated carbocycles. The molecule has 1 aliphatic rings. The summed E-state index contributed by atoms with van der Waals surface area (Å²) >= 11 is 0. The van der Waals surface area contributed by atoms with E-state index in [9.17, 15) is 9.59 Å². The van der Waals surface area contributed by atoms with Crippen molar-refractivity contribution in [1.82, 2.24) is 14.6 Å². The number of hydrogen-bond acceptors (Lipinski definition) is 6.